The molecule has 0 saturated heterocycles. The average molecular weight is 363 g/mol. The van der Waals surface area contributed by atoms with Crippen LogP contribution in [0.4, 0.5) is 5.82 Å². The number of nitrogens with two attached hydrogens (primary N) is 1. The van der Waals surface area contributed by atoms with Gasteiger partial charge in [-0.2, -0.15) is 9.97 Å². The Morgan fingerprint density at radius 2 is 2.20 bits per heavy atom. The van der Waals surface area contributed by atoms with Crippen molar-refractivity contribution in [3.63, 3.8) is 0 Å². The molecule has 0 fully saturated rings. The average Bonchev–Trinajstić information content (AvgIpc) is 2.93. The molecule has 0 aliphatic heterocycles. The summed E-state index contributed by atoms with van der Waals surface area (Å²) in [5, 5.41) is 0. The van der Waals surface area contributed by atoms with Crippen molar-refractivity contribution in [1.29, 1.82) is 0 Å². The molecule has 0 spiro atoms. The first-order valence-electron chi connectivity index (χ1n) is 8.01. The maximum Gasteiger partial charge on any atom is 0.328 e. The van der Waals surface area contributed by atoms with Crippen LogP contribution in [0.2, 0.25) is 0 Å². The maximum atomic E-state index is 12.3. The van der Waals surface area contributed by atoms with Crippen LogP contribution in [0.3, 0.4) is 0 Å². The van der Waals surface area contributed by atoms with Crippen LogP contribution < -0.4 is 16.2 Å². The highest BCUT2D eigenvalue weighted by Crippen LogP contribution is 2.18. The lowest BCUT2D eigenvalue weighted by atomic mass is 10.3. The van der Waals surface area contributed by atoms with E-state index in [0.717, 1.165) is 18.4 Å². The number of aromatic nitrogens is 5. The summed E-state index contributed by atoms with van der Waals surface area (Å²) in [7, 11) is 0. The highest BCUT2D eigenvalue weighted by atomic mass is 35.5. The minimum atomic E-state index is -0.329. The van der Waals surface area contributed by atoms with Crippen LogP contribution >= 0.6 is 11.6 Å². The molecule has 3 aromatic rings. The predicted molar refractivity (Wildman–Crippen MR) is 95.9 cm³/mol. The number of hydrogen-bond donors (Lipinski definition) is 2. The van der Waals surface area contributed by atoms with Crippen LogP contribution in [0.5, 0.6) is 6.01 Å². The van der Waals surface area contributed by atoms with E-state index >= 15 is 0 Å². The van der Waals surface area contributed by atoms with E-state index in [1.807, 2.05) is 12.1 Å². The molecule has 0 unspecified atom stereocenters. The largest absolute Gasteiger partial charge is 0.463 e. The monoisotopic (exact) mass is 362 g/mol. The number of hydrogen-bond acceptors (Lipinski definition) is 6. The maximum absolute atomic E-state index is 12.3. The quantitative estimate of drug-likeness (QED) is 0.491. The molecular weight excluding hydrogens is 344 g/mol. The Morgan fingerprint density at radius 1 is 1.36 bits per heavy atom. The second-order valence-electron chi connectivity index (χ2n) is 5.60. The normalized spacial score (nSPS) is 11.1. The summed E-state index contributed by atoms with van der Waals surface area (Å²) in [4.78, 5) is 27.7. The van der Waals surface area contributed by atoms with Gasteiger partial charge in [0.25, 0.3) is 0 Å². The van der Waals surface area contributed by atoms with E-state index in [0.29, 0.717) is 29.3 Å². The third-order valence-corrected chi connectivity index (χ3v) is 4.03. The van der Waals surface area contributed by atoms with Crippen LogP contribution in [0.1, 0.15) is 31.0 Å². The number of halogens is 1. The van der Waals surface area contributed by atoms with E-state index in [-0.39, 0.29) is 24.1 Å². The standard InChI is InChI=1S/C16H19ClN6O2/c1-2-3-6-25-15-21-13(18)12-14(22-15)23(16(24)20-12)9-11-5-4-10(7-17)8-19-11/h4-5,8H,2-3,6-7,9H2,1H3,(H,20,24)(H2,18,21,22). The Morgan fingerprint density at radius 3 is 2.88 bits per heavy atom. The molecular formula is C16H19ClN6O2. The summed E-state index contributed by atoms with van der Waals surface area (Å²) >= 11 is 5.77. The van der Waals surface area contributed by atoms with Crippen molar-refractivity contribution in [1.82, 2.24) is 24.5 Å². The van der Waals surface area contributed by atoms with Crippen molar-refractivity contribution in [2.45, 2.75) is 32.2 Å². The SMILES string of the molecule is CCCCOc1nc(N)c2[nH]c(=O)n(Cc3ccc(CCl)cn3)c2n1. The van der Waals surface area contributed by atoms with Gasteiger partial charge >= 0.3 is 11.7 Å². The van der Waals surface area contributed by atoms with Crippen molar-refractivity contribution in [2.24, 2.45) is 0 Å². The molecule has 0 saturated carbocycles. The predicted octanol–water partition coefficient (Wildman–Crippen LogP) is 2.06. The Labute approximate surface area is 149 Å². The second kappa shape index (κ2) is 7.52. The number of imidazole rings is 1. The zero-order valence-electron chi connectivity index (χ0n) is 13.8. The highest BCUT2D eigenvalue weighted by Gasteiger charge is 2.15. The molecule has 9 heteroatoms. The van der Waals surface area contributed by atoms with Gasteiger partial charge < -0.3 is 15.5 Å². The van der Waals surface area contributed by atoms with Crippen molar-refractivity contribution < 1.29 is 4.74 Å². The molecule has 3 N–H and O–H groups in total. The zero-order chi connectivity index (χ0) is 17.8. The summed E-state index contributed by atoms with van der Waals surface area (Å²) in [6.07, 6.45) is 3.57. The lowest BCUT2D eigenvalue weighted by Gasteiger charge is -2.06. The fraction of sp³-hybridized carbons (Fsp3) is 0.375. The third kappa shape index (κ3) is 3.74. The zero-order valence-corrected chi connectivity index (χ0v) is 14.6. The Kier molecular flexibility index (Phi) is 5.18. The van der Waals surface area contributed by atoms with Gasteiger partial charge in [-0.25, -0.2) is 4.79 Å². The van der Waals surface area contributed by atoms with Crippen LogP contribution in [0.15, 0.2) is 23.1 Å². The number of unbranched alkanes of at least 4 members (excludes halogenated alkanes) is 1. The van der Waals surface area contributed by atoms with Gasteiger partial charge in [0.1, 0.15) is 5.52 Å². The fourth-order valence-electron chi connectivity index (χ4n) is 2.34. The van der Waals surface area contributed by atoms with Gasteiger partial charge in [-0.05, 0) is 18.1 Å². The van der Waals surface area contributed by atoms with E-state index in [9.17, 15) is 4.79 Å². The molecule has 0 radical (unpaired) electrons. The van der Waals surface area contributed by atoms with Crippen molar-refractivity contribution >= 4 is 28.6 Å². The number of fused-ring (bicyclic) bond motifs is 1. The summed E-state index contributed by atoms with van der Waals surface area (Å²) in [6.45, 7) is 2.82. The smallest absolute Gasteiger partial charge is 0.328 e. The molecule has 3 heterocycles. The van der Waals surface area contributed by atoms with Gasteiger partial charge in [0.05, 0.1) is 18.8 Å². The Balaban J connectivity index is 1.95. The van der Waals surface area contributed by atoms with Crippen LogP contribution in [0, 0.1) is 0 Å². The molecule has 3 rings (SSSR count). The number of ether oxygens (including phenoxy) is 1. The number of H-pyrrole nitrogens is 1. The minimum absolute atomic E-state index is 0.164. The number of aromatic amines is 1. The van der Waals surface area contributed by atoms with Crippen LogP contribution in [-0.2, 0) is 12.4 Å². The number of anilines is 1. The second-order valence-corrected chi connectivity index (χ2v) is 5.87. The molecule has 0 atom stereocenters. The third-order valence-electron chi connectivity index (χ3n) is 3.72. The first kappa shape index (κ1) is 17.2. The lowest BCUT2D eigenvalue weighted by Crippen LogP contribution is -2.18. The topological polar surface area (TPSA) is 112 Å². The van der Waals surface area contributed by atoms with Gasteiger partial charge in [-0.15, -0.1) is 11.6 Å². The van der Waals surface area contributed by atoms with Gasteiger partial charge in [-0.3, -0.25) is 9.55 Å². The van der Waals surface area contributed by atoms with E-state index in [2.05, 4.69) is 26.9 Å². The summed E-state index contributed by atoms with van der Waals surface area (Å²) < 4.78 is 6.98. The number of nitrogen functional groups attached to an aromatic ring is 1. The molecule has 0 aliphatic carbocycles. The molecule has 8 nitrogen and oxygen atoms in total. The van der Waals surface area contributed by atoms with Crippen molar-refractivity contribution in [3.05, 3.63) is 40.1 Å². The number of nitrogens with one attached hydrogen (secondary N) is 1. The van der Waals surface area contributed by atoms with Crippen molar-refractivity contribution in [2.75, 3.05) is 12.3 Å². The number of alkyl halides is 1. The fourth-order valence-corrected chi connectivity index (χ4v) is 2.50. The molecule has 0 aromatic carbocycles. The van der Waals surface area contributed by atoms with Gasteiger partial charge in [0.15, 0.2) is 11.5 Å². The molecule has 0 bridgehead atoms. The van der Waals surface area contributed by atoms with Crippen LogP contribution in [0.25, 0.3) is 11.2 Å². The Bertz CT molecular complexity index is 919. The van der Waals surface area contributed by atoms with Gasteiger partial charge in [0, 0.05) is 12.1 Å². The molecule has 0 amide bonds. The van der Waals surface area contributed by atoms with Crippen molar-refractivity contribution in [3.8, 4) is 6.01 Å². The van der Waals surface area contributed by atoms with Gasteiger partial charge in [0.2, 0.25) is 0 Å². The minimum Gasteiger partial charge on any atom is -0.463 e. The number of rotatable bonds is 7. The lowest BCUT2D eigenvalue weighted by molar-refractivity contribution is 0.286. The van der Waals surface area contributed by atoms with Gasteiger partial charge in [-0.1, -0.05) is 19.4 Å². The molecule has 132 valence electrons. The van der Waals surface area contributed by atoms with E-state index in [1.54, 1.807) is 6.20 Å². The van der Waals surface area contributed by atoms with E-state index in [4.69, 9.17) is 22.1 Å². The summed E-state index contributed by atoms with van der Waals surface area (Å²) in [6, 6.07) is 3.86. The summed E-state index contributed by atoms with van der Waals surface area (Å²) in [5.74, 6) is 0.570. The highest BCUT2D eigenvalue weighted by molar-refractivity contribution is 6.17. The van der Waals surface area contributed by atoms with E-state index < -0.39 is 0 Å². The number of pyridine rings is 1. The summed E-state index contributed by atoms with van der Waals surface area (Å²) in [5.41, 5.74) is 8.01. The van der Waals surface area contributed by atoms with E-state index in [1.165, 1.54) is 4.57 Å². The Hall–Kier alpha value is -2.61. The number of nitrogens with zero attached hydrogens (tertiary/aromatic N) is 4. The van der Waals surface area contributed by atoms with Crippen LogP contribution in [-0.4, -0.2) is 31.1 Å². The molecule has 0 aliphatic rings. The molecule has 3 aromatic heterocycles. The molecule has 25 heavy (non-hydrogen) atoms. The first-order valence-corrected chi connectivity index (χ1v) is 8.54. The first-order chi connectivity index (χ1) is 12.1.